The average Bonchev–Trinajstić information content (AvgIpc) is 2.67. The van der Waals surface area contributed by atoms with E-state index in [4.69, 9.17) is 21.7 Å². The number of hydrogen-bond donors (Lipinski definition) is 0. The number of piperidine rings is 1. The third-order valence-corrected chi connectivity index (χ3v) is 4.96. The number of benzene rings is 1. The van der Waals surface area contributed by atoms with Crippen molar-refractivity contribution >= 4 is 23.1 Å². The predicted octanol–water partition coefficient (Wildman–Crippen LogP) is 2.09. The van der Waals surface area contributed by atoms with E-state index in [0.717, 1.165) is 23.6 Å². The third-order valence-electron chi connectivity index (χ3n) is 4.47. The van der Waals surface area contributed by atoms with Crippen molar-refractivity contribution in [3.63, 3.8) is 0 Å². The molecule has 0 saturated carbocycles. The molecule has 0 aromatic heterocycles. The first-order valence-electron chi connectivity index (χ1n) is 8.62. The molecule has 1 aromatic carbocycles. The molecule has 6 heteroatoms. The molecule has 24 heavy (non-hydrogen) atoms. The smallest absolute Gasteiger partial charge is 0.260 e. The topological polar surface area (TPSA) is 42.0 Å². The Balaban J connectivity index is 1.50. The van der Waals surface area contributed by atoms with Gasteiger partial charge >= 0.3 is 0 Å². The number of carbonyl (C=O) groups excluding carboxylic acids is 1. The van der Waals surface area contributed by atoms with Crippen LogP contribution < -0.4 is 4.74 Å². The fourth-order valence-corrected chi connectivity index (χ4v) is 3.34. The molecular weight excluding hydrogens is 324 g/mol. The third kappa shape index (κ3) is 4.45. The van der Waals surface area contributed by atoms with Crippen molar-refractivity contribution in [2.24, 2.45) is 0 Å². The molecule has 130 valence electrons. The number of rotatable bonds is 4. The number of ether oxygens (including phenoxy) is 2. The van der Waals surface area contributed by atoms with E-state index >= 15 is 0 Å². The molecule has 0 aliphatic carbocycles. The maximum absolute atomic E-state index is 12.1. The van der Waals surface area contributed by atoms with E-state index in [1.807, 2.05) is 24.3 Å². The second kappa shape index (κ2) is 8.44. The van der Waals surface area contributed by atoms with Crippen LogP contribution >= 0.6 is 12.2 Å². The summed E-state index contributed by atoms with van der Waals surface area (Å²) in [5.74, 6) is 0.702. The highest BCUT2D eigenvalue weighted by atomic mass is 32.1. The van der Waals surface area contributed by atoms with Crippen molar-refractivity contribution in [1.82, 2.24) is 9.80 Å². The Morgan fingerprint density at radius 3 is 2.33 bits per heavy atom. The van der Waals surface area contributed by atoms with Gasteiger partial charge in [0.2, 0.25) is 0 Å². The summed E-state index contributed by atoms with van der Waals surface area (Å²) in [5.41, 5.74) is 1.04. The van der Waals surface area contributed by atoms with Crippen LogP contribution in [-0.4, -0.2) is 66.7 Å². The van der Waals surface area contributed by atoms with Crippen LogP contribution in [0.1, 0.15) is 24.8 Å². The standard InChI is InChI=1S/C18H24N2O3S/c21-17(19-10-12-22-13-11-19)14-23-16-6-4-15(5-7-16)18(24)20-8-2-1-3-9-20/h4-7H,1-3,8-14H2. The Hall–Kier alpha value is -1.66. The molecule has 2 saturated heterocycles. The van der Waals surface area contributed by atoms with Gasteiger partial charge in [-0.05, 0) is 43.5 Å². The van der Waals surface area contributed by atoms with Gasteiger partial charge < -0.3 is 19.3 Å². The molecule has 1 aromatic rings. The van der Waals surface area contributed by atoms with E-state index in [1.54, 1.807) is 4.90 Å². The molecule has 0 unspecified atom stereocenters. The van der Waals surface area contributed by atoms with Crippen LogP contribution in [0.2, 0.25) is 0 Å². The van der Waals surface area contributed by atoms with Gasteiger partial charge in [-0.3, -0.25) is 4.79 Å². The van der Waals surface area contributed by atoms with Crippen LogP contribution in [0, 0.1) is 0 Å². The summed E-state index contributed by atoms with van der Waals surface area (Å²) in [4.78, 5) is 17.0. The molecule has 2 aliphatic heterocycles. The van der Waals surface area contributed by atoms with Gasteiger partial charge in [0.15, 0.2) is 6.61 Å². The number of thiocarbonyl (C=S) groups is 1. The highest BCUT2D eigenvalue weighted by Gasteiger charge is 2.17. The first-order chi connectivity index (χ1) is 11.7. The van der Waals surface area contributed by atoms with Crippen LogP contribution in [0.3, 0.4) is 0 Å². The molecule has 5 nitrogen and oxygen atoms in total. The normalized spacial score (nSPS) is 18.3. The van der Waals surface area contributed by atoms with Crippen LogP contribution in [-0.2, 0) is 9.53 Å². The summed E-state index contributed by atoms with van der Waals surface area (Å²) in [5, 5.41) is 0. The molecule has 0 atom stereocenters. The van der Waals surface area contributed by atoms with Crippen molar-refractivity contribution in [1.29, 1.82) is 0 Å². The summed E-state index contributed by atoms with van der Waals surface area (Å²) in [6.45, 7) is 4.66. The molecular formula is C18H24N2O3S. The number of amides is 1. The number of carbonyl (C=O) groups is 1. The molecule has 2 fully saturated rings. The van der Waals surface area contributed by atoms with E-state index in [9.17, 15) is 4.79 Å². The number of nitrogens with zero attached hydrogens (tertiary/aromatic N) is 2. The number of likely N-dealkylation sites (tertiary alicyclic amines) is 1. The monoisotopic (exact) mass is 348 g/mol. The fraction of sp³-hybridized carbons (Fsp3) is 0.556. The lowest BCUT2D eigenvalue weighted by Gasteiger charge is -2.29. The summed E-state index contributed by atoms with van der Waals surface area (Å²) >= 11 is 5.59. The molecule has 0 spiro atoms. The lowest BCUT2D eigenvalue weighted by Crippen LogP contribution is -2.42. The van der Waals surface area contributed by atoms with Gasteiger partial charge in [0.1, 0.15) is 10.7 Å². The summed E-state index contributed by atoms with van der Waals surface area (Å²) in [7, 11) is 0. The molecule has 2 aliphatic rings. The van der Waals surface area contributed by atoms with Crippen molar-refractivity contribution in [3.05, 3.63) is 29.8 Å². The Bertz CT molecular complexity index is 564. The number of hydrogen-bond acceptors (Lipinski definition) is 4. The molecule has 0 N–H and O–H groups in total. The SMILES string of the molecule is O=C(COc1ccc(C(=S)N2CCCCC2)cc1)N1CCOCC1. The van der Waals surface area contributed by atoms with Crippen molar-refractivity contribution in [2.45, 2.75) is 19.3 Å². The van der Waals surface area contributed by atoms with E-state index in [2.05, 4.69) is 4.90 Å². The van der Waals surface area contributed by atoms with Crippen molar-refractivity contribution in [3.8, 4) is 5.75 Å². The second-order valence-electron chi connectivity index (χ2n) is 6.16. The Labute approximate surface area is 148 Å². The van der Waals surface area contributed by atoms with Crippen molar-refractivity contribution < 1.29 is 14.3 Å². The lowest BCUT2D eigenvalue weighted by atomic mass is 10.1. The Morgan fingerprint density at radius 2 is 1.67 bits per heavy atom. The first-order valence-corrected chi connectivity index (χ1v) is 9.02. The molecule has 3 rings (SSSR count). The second-order valence-corrected chi connectivity index (χ2v) is 6.55. The van der Waals surface area contributed by atoms with E-state index in [1.165, 1.54) is 19.3 Å². The summed E-state index contributed by atoms with van der Waals surface area (Å²) in [6, 6.07) is 7.73. The molecule has 1 amide bonds. The zero-order valence-electron chi connectivity index (χ0n) is 13.9. The lowest BCUT2D eigenvalue weighted by molar-refractivity contribution is -0.137. The number of morpholine rings is 1. The van der Waals surface area contributed by atoms with E-state index in [-0.39, 0.29) is 12.5 Å². The predicted molar refractivity (Wildman–Crippen MR) is 96.5 cm³/mol. The largest absolute Gasteiger partial charge is 0.484 e. The maximum atomic E-state index is 12.1. The van der Waals surface area contributed by atoms with Crippen LogP contribution in [0.5, 0.6) is 5.75 Å². The van der Waals surface area contributed by atoms with Gasteiger partial charge in [-0.1, -0.05) is 12.2 Å². The van der Waals surface area contributed by atoms with E-state index < -0.39 is 0 Å². The first kappa shape index (κ1) is 17.2. The van der Waals surface area contributed by atoms with Gasteiger partial charge in [-0.25, -0.2) is 0 Å². The van der Waals surface area contributed by atoms with Crippen LogP contribution in [0.4, 0.5) is 0 Å². The minimum atomic E-state index is 0.00575. The molecule has 0 bridgehead atoms. The van der Waals surface area contributed by atoms with Crippen LogP contribution in [0.25, 0.3) is 0 Å². The van der Waals surface area contributed by atoms with Gasteiger partial charge in [0.05, 0.1) is 13.2 Å². The van der Waals surface area contributed by atoms with Crippen LogP contribution in [0.15, 0.2) is 24.3 Å². The quantitative estimate of drug-likeness (QED) is 0.780. The van der Waals surface area contributed by atoms with Gasteiger partial charge in [0.25, 0.3) is 5.91 Å². The molecule has 2 heterocycles. The van der Waals surface area contributed by atoms with Gasteiger partial charge in [-0.15, -0.1) is 0 Å². The fourth-order valence-electron chi connectivity index (χ4n) is 3.02. The van der Waals surface area contributed by atoms with Gasteiger partial charge in [0, 0.05) is 31.7 Å². The average molecular weight is 348 g/mol. The zero-order chi connectivity index (χ0) is 16.8. The Morgan fingerprint density at radius 1 is 1.00 bits per heavy atom. The highest BCUT2D eigenvalue weighted by Crippen LogP contribution is 2.17. The summed E-state index contributed by atoms with van der Waals surface area (Å²) < 4.78 is 10.9. The summed E-state index contributed by atoms with van der Waals surface area (Å²) in [6.07, 6.45) is 3.72. The van der Waals surface area contributed by atoms with Gasteiger partial charge in [-0.2, -0.15) is 0 Å². The Kier molecular flexibility index (Phi) is 6.04. The maximum Gasteiger partial charge on any atom is 0.260 e. The molecule has 0 radical (unpaired) electrons. The zero-order valence-corrected chi connectivity index (χ0v) is 14.7. The van der Waals surface area contributed by atoms with E-state index in [0.29, 0.717) is 32.1 Å². The minimum Gasteiger partial charge on any atom is -0.484 e. The highest BCUT2D eigenvalue weighted by molar-refractivity contribution is 7.80. The van der Waals surface area contributed by atoms with Crippen molar-refractivity contribution in [2.75, 3.05) is 46.0 Å². The minimum absolute atomic E-state index is 0.00575.